The Morgan fingerprint density at radius 2 is 1.83 bits per heavy atom. The number of methoxy groups -OCH3 is 1. The van der Waals surface area contributed by atoms with E-state index in [2.05, 4.69) is 10.5 Å². The highest BCUT2D eigenvalue weighted by molar-refractivity contribution is 5.95. The number of hydrogen-bond acceptors (Lipinski definition) is 6. The Balaban J connectivity index is 1.54. The first kappa shape index (κ1) is 20.5. The van der Waals surface area contributed by atoms with Crippen molar-refractivity contribution < 1.29 is 19.2 Å². The molecule has 0 saturated carbocycles. The number of nitrogens with one attached hydrogen (secondary N) is 1. The van der Waals surface area contributed by atoms with E-state index in [1.807, 2.05) is 24.3 Å². The average molecular weight is 405 g/mol. The molecule has 3 rings (SSSR count). The third-order valence-corrected chi connectivity index (χ3v) is 4.12. The number of nitro benzene ring substituents is 1. The fourth-order valence-corrected chi connectivity index (χ4v) is 2.58. The fraction of sp³-hybridized carbons (Fsp3) is 0.0909. The monoisotopic (exact) mass is 405 g/mol. The SMILES string of the molecule is COc1cccc(COc2ccc(C(=O)NN=Cc3cccc([N+](=O)[O-])c3)cc2)c1. The van der Waals surface area contributed by atoms with Crippen LogP contribution in [0.3, 0.4) is 0 Å². The van der Waals surface area contributed by atoms with Crippen LogP contribution >= 0.6 is 0 Å². The van der Waals surface area contributed by atoms with Gasteiger partial charge >= 0.3 is 0 Å². The van der Waals surface area contributed by atoms with Gasteiger partial charge < -0.3 is 9.47 Å². The van der Waals surface area contributed by atoms with Crippen molar-refractivity contribution in [1.29, 1.82) is 0 Å². The summed E-state index contributed by atoms with van der Waals surface area (Å²) in [6, 6.07) is 20.2. The summed E-state index contributed by atoms with van der Waals surface area (Å²) in [5.41, 5.74) is 4.22. The van der Waals surface area contributed by atoms with E-state index in [1.54, 1.807) is 43.5 Å². The molecule has 0 atom stereocenters. The summed E-state index contributed by atoms with van der Waals surface area (Å²) in [6.45, 7) is 0.371. The molecule has 8 nitrogen and oxygen atoms in total. The second-order valence-electron chi connectivity index (χ2n) is 6.22. The molecular formula is C22H19N3O5. The van der Waals surface area contributed by atoms with E-state index in [-0.39, 0.29) is 5.69 Å². The molecule has 30 heavy (non-hydrogen) atoms. The van der Waals surface area contributed by atoms with Crippen molar-refractivity contribution in [3.05, 3.63) is 99.6 Å². The van der Waals surface area contributed by atoms with Crippen LogP contribution in [0.5, 0.6) is 11.5 Å². The second kappa shape index (κ2) is 9.83. The van der Waals surface area contributed by atoms with Gasteiger partial charge in [-0.05, 0) is 42.0 Å². The van der Waals surface area contributed by atoms with Crippen molar-refractivity contribution in [3.63, 3.8) is 0 Å². The van der Waals surface area contributed by atoms with E-state index < -0.39 is 10.8 Å². The molecule has 0 radical (unpaired) electrons. The van der Waals surface area contributed by atoms with Crippen molar-refractivity contribution in [3.8, 4) is 11.5 Å². The lowest BCUT2D eigenvalue weighted by Gasteiger charge is -2.08. The van der Waals surface area contributed by atoms with Crippen LogP contribution in [0.25, 0.3) is 0 Å². The molecule has 0 bridgehead atoms. The lowest BCUT2D eigenvalue weighted by molar-refractivity contribution is -0.384. The second-order valence-corrected chi connectivity index (χ2v) is 6.22. The van der Waals surface area contributed by atoms with E-state index in [1.165, 1.54) is 18.3 Å². The Kier molecular flexibility index (Phi) is 6.73. The van der Waals surface area contributed by atoms with Crippen LogP contribution in [0.4, 0.5) is 5.69 Å². The number of ether oxygens (including phenoxy) is 2. The topological polar surface area (TPSA) is 103 Å². The standard InChI is InChI=1S/C22H19N3O5/c1-29-21-7-3-5-17(13-21)15-30-20-10-8-18(9-11-20)22(26)24-23-14-16-4-2-6-19(12-16)25(27)28/h2-14H,15H2,1H3,(H,24,26). The Morgan fingerprint density at radius 1 is 1.07 bits per heavy atom. The van der Waals surface area contributed by atoms with Gasteiger partial charge in [-0.25, -0.2) is 5.43 Å². The van der Waals surface area contributed by atoms with Gasteiger partial charge in [-0.2, -0.15) is 5.10 Å². The largest absolute Gasteiger partial charge is 0.497 e. The van der Waals surface area contributed by atoms with Crippen molar-refractivity contribution in [2.75, 3.05) is 7.11 Å². The molecule has 0 aliphatic carbocycles. The van der Waals surface area contributed by atoms with Gasteiger partial charge in [-0.1, -0.05) is 24.3 Å². The molecule has 0 fully saturated rings. The normalized spacial score (nSPS) is 10.6. The zero-order chi connectivity index (χ0) is 21.3. The molecule has 0 spiro atoms. The Labute approximate surface area is 172 Å². The van der Waals surface area contributed by atoms with E-state index >= 15 is 0 Å². The zero-order valence-corrected chi connectivity index (χ0v) is 16.1. The quantitative estimate of drug-likeness (QED) is 0.347. The molecule has 0 unspecified atom stereocenters. The van der Waals surface area contributed by atoms with Crippen LogP contribution in [0.2, 0.25) is 0 Å². The number of carbonyl (C=O) groups is 1. The first-order chi connectivity index (χ1) is 14.5. The summed E-state index contributed by atoms with van der Waals surface area (Å²) in [5.74, 6) is 0.972. The number of nitro groups is 1. The van der Waals surface area contributed by atoms with Gasteiger partial charge in [0.2, 0.25) is 0 Å². The number of benzene rings is 3. The fourth-order valence-electron chi connectivity index (χ4n) is 2.58. The summed E-state index contributed by atoms with van der Waals surface area (Å²) in [5, 5.41) is 14.6. The molecule has 0 heterocycles. The van der Waals surface area contributed by atoms with Crippen LogP contribution in [0.1, 0.15) is 21.5 Å². The Hall–Kier alpha value is -4.20. The molecule has 1 amide bonds. The molecule has 0 aromatic heterocycles. The molecular weight excluding hydrogens is 386 g/mol. The van der Waals surface area contributed by atoms with Crippen molar-refractivity contribution in [1.82, 2.24) is 5.43 Å². The summed E-state index contributed by atoms with van der Waals surface area (Å²) in [6.07, 6.45) is 1.34. The summed E-state index contributed by atoms with van der Waals surface area (Å²) in [4.78, 5) is 22.5. The van der Waals surface area contributed by atoms with E-state index in [0.717, 1.165) is 11.3 Å². The van der Waals surface area contributed by atoms with Gasteiger partial charge in [-0.15, -0.1) is 0 Å². The average Bonchev–Trinajstić information content (AvgIpc) is 2.78. The summed E-state index contributed by atoms with van der Waals surface area (Å²) in [7, 11) is 1.61. The van der Waals surface area contributed by atoms with E-state index in [0.29, 0.717) is 23.5 Å². The van der Waals surface area contributed by atoms with Crippen LogP contribution in [-0.2, 0) is 6.61 Å². The highest BCUT2D eigenvalue weighted by atomic mass is 16.6. The molecule has 0 aliphatic rings. The predicted octanol–water partition coefficient (Wildman–Crippen LogP) is 3.95. The first-order valence-corrected chi connectivity index (χ1v) is 8.99. The van der Waals surface area contributed by atoms with Gasteiger partial charge in [0, 0.05) is 23.3 Å². The Morgan fingerprint density at radius 3 is 2.57 bits per heavy atom. The van der Waals surface area contributed by atoms with Gasteiger partial charge in [0.25, 0.3) is 11.6 Å². The minimum Gasteiger partial charge on any atom is -0.497 e. The molecule has 3 aromatic carbocycles. The third kappa shape index (κ3) is 5.65. The first-order valence-electron chi connectivity index (χ1n) is 8.99. The third-order valence-electron chi connectivity index (χ3n) is 4.12. The maximum absolute atomic E-state index is 12.2. The number of nitrogens with zero attached hydrogens (tertiary/aromatic N) is 2. The number of carbonyl (C=O) groups excluding carboxylic acids is 1. The molecule has 152 valence electrons. The highest BCUT2D eigenvalue weighted by Gasteiger charge is 2.06. The minimum atomic E-state index is -0.492. The van der Waals surface area contributed by atoms with Gasteiger partial charge in [0.1, 0.15) is 18.1 Å². The molecule has 0 aliphatic heterocycles. The van der Waals surface area contributed by atoms with Crippen LogP contribution < -0.4 is 14.9 Å². The maximum atomic E-state index is 12.2. The number of non-ortho nitro benzene ring substituents is 1. The molecule has 1 N–H and O–H groups in total. The maximum Gasteiger partial charge on any atom is 0.271 e. The van der Waals surface area contributed by atoms with Gasteiger partial charge in [0.15, 0.2) is 0 Å². The van der Waals surface area contributed by atoms with Crippen LogP contribution in [0, 0.1) is 10.1 Å². The molecule has 3 aromatic rings. The van der Waals surface area contributed by atoms with Gasteiger partial charge in [-0.3, -0.25) is 14.9 Å². The number of hydrazone groups is 1. The Bertz CT molecular complexity index is 1060. The summed E-state index contributed by atoms with van der Waals surface area (Å²) >= 11 is 0. The molecule has 0 saturated heterocycles. The van der Waals surface area contributed by atoms with Crippen molar-refractivity contribution >= 4 is 17.8 Å². The van der Waals surface area contributed by atoms with Crippen LogP contribution in [-0.4, -0.2) is 24.2 Å². The number of amides is 1. The zero-order valence-electron chi connectivity index (χ0n) is 16.1. The van der Waals surface area contributed by atoms with Gasteiger partial charge in [0.05, 0.1) is 18.2 Å². The highest BCUT2D eigenvalue weighted by Crippen LogP contribution is 2.17. The van der Waals surface area contributed by atoms with Crippen molar-refractivity contribution in [2.45, 2.75) is 6.61 Å². The number of rotatable bonds is 8. The van der Waals surface area contributed by atoms with E-state index in [4.69, 9.17) is 9.47 Å². The predicted molar refractivity (Wildman–Crippen MR) is 112 cm³/mol. The summed E-state index contributed by atoms with van der Waals surface area (Å²) < 4.78 is 10.9. The lowest BCUT2D eigenvalue weighted by atomic mass is 10.2. The smallest absolute Gasteiger partial charge is 0.271 e. The van der Waals surface area contributed by atoms with Crippen LogP contribution in [0.15, 0.2) is 77.9 Å². The number of hydrogen-bond donors (Lipinski definition) is 1. The minimum absolute atomic E-state index is 0.0465. The van der Waals surface area contributed by atoms with Crippen molar-refractivity contribution in [2.24, 2.45) is 5.10 Å². The molecule has 8 heteroatoms. The lowest BCUT2D eigenvalue weighted by Crippen LogP contribution is -2.17. The van der Waals surface area contributed by atoms with E-state index in [9.17, 15) is 14.9 Å².